The number of aromatic nitrogens is 3. The molecule has 0 spiro atoms. The van der Waals surface area contributed by atoms with Crippen molar-refractivity contribution in [2.75, 3.05) is 20.1 Å². The third-order valence-corrected chi connectivity index (χ3v) is 6.01. The predicted molar refractivity (Wildman–Crippen MR) is 121 cm³/mol. The summed E-state index contributed by atoms with van der Waals surface area (Å²) in [7, 11) is 2.13. The average Bonchev–Trinajstić information content (AvgIpc) is 3.18. The summed E-state index contributed by atoms with van der Waals surface area (Å²) < 4.78 is 10.0. The van der Waals surface area contributed by atoms with Gasteiger partial charge in [-0.2, -0.15) is 0 Å². The molecule has 3 heterocycles. The summed E-state index contributed by atoms with van der Waals surface area (Å²) in [5.74, 6) is 1.26. The first-order valence-electron chi connectivity index (χ1n) is 10.8. The third-order valence-electron chi connectivity index (χ3n) is 5.76. The molecule has 0 radical (unpaired) electrons. The number of ether oxygens (including phenoxy) is 1. The van der Waals surface area contributed by atoms with Crippen LogP contribution in [0.3, 0.4) is 0 Å². The zero-order valence-electron chi connectivity index (χ0n) is 17.7. The van der Waals surface area contributed by atoms with Crippen molar-refractivity contribution in [3.05, 3.63) is 51.9 Å². The Morgan fingerprint density at radius 1 is 1.17 bits per heavy atom. The van der Waals surface area contributed by atoms with E-state index >= 15 is 0 Å². The molecule has 1 aliphatic heterocycles. The molecule has 160 valence electrons. The van der Waals surface area contributed by atoms with Crippen LogP contribution in [0, 0.1) is 0 Å². The highest BCUT2D eigenvalue weighted by Gasteiger charge is 2.21. The molecule has 0 unspecified atom stereocenters. The minimum absolute atomic E-state index is 0.118. The van der Waals surface area contributed by atoms with Gasteiger partial charge in [-0.25, -0.2) is 4.98 Å². The van der Waals surface area contributed by atoms with E-state index < -0.39 is 0 Å². The lowest BCUT2D eigenvalue weighted by Crippen LogP contribution is -2.36. The Bertz CT molecular complexity index is 1050. The first-order chi connectivity index (χ1) is 14.5. The smallest absolute Gasteiger partial charge is 0.262 e. The van der Waals surface area contributed by atoms with Gasteiger partial charge in [0.05, 0.1) is 11.8 Å². The van der Waals surface area contributed by atoms with Crippen molar-refractivity contribution < 1.29 is 4.74 Å². The van der Waals surface area contributed by atoms with Gasteiger partial charge in [0.25, 0.3) is 5.56 Å². The van der Waals surface area contributed by atoms with Crippen molar-refractivity contribution in [2.24, 2.45) is 0 Å². The van der Waals surface area contributed by atoms with Gasteiger partial charge in [0.1, 0.15) is 6.10 Å². The van der Waals surface area contributed by atoms with Crippen LogP contribution in [0.25, 0.3) is 17.0 Å². The number of rotatable bonds is 7. The molecule has 2 aromatic heterocycles. The summed E-state index contributed by atoms with van der Waals surface area (Å²) in [6.07, 6.45) is 7.14. The second kappa shape index (κ2) is 9.23. The molecule has 30 heavy (non-hydrogen) atoms. The second-order valence-electron chi connectivity index (χ2n) is 8.10. The zero-order chi connectivity index (χ0) is 21.1. The molecule has 4 rings (SSSR count). The molecule has 1 fully saturated rings. The Morgan fingerprint density at radius 3 is 2.60 bits per heavy atom. The Balaban J connectivity index is 1.73. The van der Waals surface area contributed by atoms with Gasteiger partial charge < -0.3 is 9.64 Å². The highest BCUT2D eigenvalue weighted by atomic mass is 35.5. The molecule has 6 nitrogen and oxygen atoms in total. The first kappa shape index (κ1) is 20.9. The number of halogens is 1. The Labute approximate surface area is 182 Å². The number of nitrogens with zero attached hydrogens (tertiary/aromatic N) is 4. The van der Waals surface area contributed by atoms with Gasteiger partial charge in [-0.05, 0) is 38.4 Å². The second-order valence-corrected chi connectivity index (χ2v) is 8.54. The molecule has 0 saturated carbocycles. The SMILES string of the molecule is CCCCCn1c(OC2CCN(C)CC2)cc(=O)n2cc(-c3ccc(Cl)cc3)nc12. The molecular weight excluding hydrogens is 400 g/mol. The van der Waals surface area contributed by atoms with Gasteiger partial charge in [0, 0.05) is 36.4 Å². The number of hydrogen-bond donors (Lipinski definition) is 0. The van der Waals surface area contributed by atoms with Crippen LogP contribution >= 0.6 is 11.6 Å². The van der Waals surface area contributed by atoms with Gasteiger partial charge in [-0.1, -0.05) is 43.5 Å². The summed E-state index contributed by atoms with van der Waals surface area (Å²) in [6.45, 7) is 4.98. The molecule has 0 amide bonds. The number of aryl methyl sites for hydroxylation is 1. The summed E-state index contributed by atoms with van der Waals surface area (Å²) >= 11 is 6.02. The van der Waals surface area contributed by atoms with Crippen LogP contribution in [0.5, 0.6) is 5.88 Å². The van der Waals surface area contributed by atoms with E-state index in [0.29, 0.717) is 16.7 Å². The molecule has 1 aromatic carbocycles. The van der Waals surface area contributed by atoms with Gasteiger partial charge in [-0.3, -0.25) is 13.8 Å². The van der Waals surface area contributed by atoms with E-state index in [1.165, 1.54) is 0 Å². The Kier molecular flexibility index (Phi) is 6.44. The lowest BCUT2D eigenvalue weighted by atomic mass is 10.1. The maximum Gasteiger partial charge on any atom is 0.262 e. The fourth-order valence-corrected chi connectivity index (χ4v) is 4.06. The normalized spacial score (nSPS) is 15.7. The number of hydrogen-bond acceptors (Lipinski definition) is 4. The Morgan fingerprint density at radius 2 is 1.90 bits per heavy atom. The van der Waals surface area contributed by atoms with Crippen LogP contribution < -0.4 is 10.3 Å². The summed E-state index contributed by atoms with van der Waals surface area (Å²) in [6, 6.07) is 9.13. The van der Waals surface area contributed by atoms with Crippen LogP contribution in [0.1, 0.15) is 39.0 Å². The average molecular weight is 429 g/mol. The van der Waals surface area contributed by atoms with Crippen LogP contribution in [-0.2, 0) is 6.54 Å². The maximum atomic E-state index is 12.9. The minimum atomic E-state index is -0.118. The lowest BCUT2D eigenvalue weighted by molar-refractivity contribution is 0.105. The van der Waals surface area contributed by atoms with E-state index in [1.807, 2.05) is 24.3 Å². The van der Waals surface area contributed by atoms with Crippen LogP contribution in [-0.4, -0.2) is 45.1 Å². The number of unbranched alkanes of at least 4 members (excludes halogenated alkanes) is 2. The minimum Gasteiger partial charge on any atom is -0.475 e. The van der Waals surface area contributed by atoms with Crippen molar-refractivity contribution in [3.63, 3.8) is 0 Å². The molecule has 0 N–H and O–H groups in total. The third kappa shape index (κ3) is 4.55. The molecule has 0 aliphatic carbocycles. The largest absolute Gasteiger partial charge is 0.475 e. The van der Waals surface area contributed by atoms with Crippen LogP contribution in [0.15, 0.2) is 41.3 Å². The first-order valence-corrected chi connectivity index (χ1v) is 11.2. The van der Waals surface area contributed by atoms with Gasteiger partial charge in [-0.15, -0.1) is 0 Å². The number of likely N-dealkylation sites (tertiary alicyclic amines) is 1. The number of fused-ring (bicyclic) bond motifs is 1. The number of imidazole rings is 1. The van der Waals surface area contributed by atoms with Gasteiger partial charge in [0.2, 0.25) is 11.7 Å². The van der Waals surface area contributed by atoms with E-state index in [4.69, 9.17) is 21.3 Å². The highest BCUT2D eigenvalue weighted by molar-refractivity contribution is 6.30. The molecule has 7 heteroatoms. The number of benzene rings is 1. The van der Waals surface area contributed by atoms with Gasteiger partial charge >= 0.3 is 0 Å². The molecule has 0 bridgehead atoms. The fourth-order valence-electron chi connectivity index (χ4n) is 3.94. The fraction of sp³-hybridized carbons (Fsp3) is 0.478. The topological polar surface area (TPSA) is 51.8 Å². The van der Waals surface area contributed by atoms with E-state index in [9.17, 15) is 4.79 Å². The summed E-state index contributed by atoms with van der Waals surface area (Å²) in [5.41, 5.74) is 1.57. The van der Waals surface area contributed by atoms with Crippen molar-refractivity contribution in [1.82, 2.24) is 18.9 Å². The predicted octanol–water partition coefficient (Wildman–Crippen LogP) is 4.48. The van der Waals surface area contributed by atoms with Crippen LogP contribution in [0.2, 0.25) is 5.02 Å². The molecular formula is C23H29ClN4O2. The van der Waals surface area contributed by atoms with E-state index in [-0.39, 0.29) is 11.7 Å². The Hall–Kier alpha value is -2.31. The number of piperidine rings is 1. The van der Waals surface area contributed by atoms with E-state index in [0.717, 1.165) is 63.0 Å². The molecule has 0 atom stereocenters. The van der Waals surface area contributed by atoms with Crippen molar-refractivity contribution in [2.45, 2.75) is 51.7 Å². The maximum absolute atomic E-state index is 12.9. The van der Waals surface area contributed by atoms with Crippen LogP contribution in [0.4, 0.5) is 0 Å². The summed E-state index contributed by atoms with van der Waals surface area (Å²) in [4.78, 5) is 20.0. The van der Waals surface area contributed by atoms with Crippen molar-refractivity contribution >= 4 is 17.4 Å². The molecule has 1 saturated heterocycles. The van der Waals surface area contributed by atoms with Crippen molar-refractivity contribution in [1.29, 1.82) is 0 Å². The highest BCUT2D eigenvalue weighted by Crippen LogP contribution is 2.24. The van der Waals surface area contributed by atoms with Gasteiger partial charge in [0.15, 0.2) is 0 Å². The monoisotopic (exact) mass is 428 g/mol. The molecule has 1 aliphatic rings. The lowest BCUT2D eigenvalue weighted by Gasteiger charge is -2.30. The van der Waals surface area contributed by atoms with Crippen molar-refractivity contribution in [3.8, 4) is 17.1 Å². The van der Waals surface area contributed by atoms with E-state index in [1.54, 1.807) is 16.7 Å². The molecule has 3 aromatic rings. The summed E-state index contributed by atoms with van der Waals surface area (Å²) in [5, 5.41) is 0.676. The standard InChI is InChI=1S/C23H29ClN4O2/c1-3-4-5-12-27-22(30-19-10-13-26(2)14-11-19)15-21(29)28-16-20(25-23(27)28)17-6-8-18(24)9-7-17/h6-9,15-16,19H,3-5,10-14H2,1-2H3. The zero-order valence-corrected chi connectivity index (χ0v) is 18.4. The van der Waals surface area contributed by atoms with E-state index in [2.05, 4.69) is 23.4 Å². The quantitative estimate of drug-likeness (QED) is 0.520.